The fourth-order valence-electron chi connectivity index (χ4n) is 2.23. The summed E-state index contributed by atoms with van der Waals surface area (Å²) in [7, 11) is 1.74. The van der Waals surface area contributed by atoms with Crippen molar-refractivity contribution < 1.29 is 19.4 Å². The van der Waals surface area contributed by atoms with E-state index in [1.807, 2.05) is 0 Å². The monoisotopic (exact) mass is 267 g/mol. The molecule has 1 N–H and O–H groups in total. The second kappa shape index (κ2) is 5.00. The quantitative estimate of drug-likeness (QED) is 0.818. The highest BCUT2D eigenvalue weighted by molar-refractivity contribution is 5.95. The Bertz CT molecular complexity index is 511. The van der Waals surface area contributed by atoms with Gasteiger partial charge in [-0.15, -0.1) is 0 Å². The van der Waals surface area contributed by atoms with Crippen LogP contribution in [0.25, 0.3) is 0 Å². The van der Waals surface area contributed by atoms with Crippen molar-refractivity contribution in [2.45, 2.75) is 26.1 Å². The van der Waals surface area contributed by atoms with Crippen LogP contribution >= 0.6 is 0 Å². The standard InChI is InChI=1S/C12H17N3O4/c1-7-4-15(6-10(19-7)12(17)18)11(16)9-5-14(3)13-8(9)2/h5,7,10H,4,6H2,1-3H3,(H,17,18)/t7-,10?/m1/s1. The number of hydrogen-bond acceptors (Lipinski definition) is 4. The zero-order chi connectivity index (χ0) is 14.2. The van der Waals surface area contributed by atoms with Gasteiger partial charge in [-0.2, -0.15) is 5.10 Å². The smallest absolute Gasteiger partial charge is 0.334 e. The predicted molar refractivity (Wildman–Crippen MR) is 65.8 cm³/mol. The van der Waals surface area contributed by atoms with Crippen LogP contribution in [0.2, 0.25) is 0 Å². The highest BCUT2D eigenvalue weighted by Gasteiger charge is 2.33. The lowest BCUT2D eigenvalue weighted by molar-refractivity contribution is -0.160. The maximum Gasteiger partial charge on any atom is 0.334 e. The van der Waals surface area contributed by atoms with Gasteiger partial charge in [0.2, 0.25) is 0 Å². The normalized spacial score (nSPS) is 23.4. The molecule has 2 heterocycles. The lowest BCUT2D eigenvalue weighted by Gasteiger charge is -2.34. The van der Waals surface area contributed by atoms with Gasteiger partial charge in [0, 0.05) is 19.8 Å². The van der Waals surface area contributed by atoms with Crippen molar-refractivity contribution in [2.75, 3.05) is 13.1 Å². The van der Waals surface area contributed by atoms with E-state index in [0.29, 0.717) is 17.8 Å². The third-order valence-corrected chi connectivity index (χ3v) is 3.07. The average Bonchev–Trinajstić information content (AvgIpc) is 2.66. The Labute approximate surface area is 110 Å². The molecule has 104 valence electrons. The van der Waals surface area contributed by atoms with Crippen LogP contribution in [0.15, 0.2) is 6.20 Å². The molecule has 0 aliphatic carbocycles. The van der Waals surface area contributed by atoms with E-state index in [2.05, 4.69) is 5.10 Å². The molecule has 1 aromatic rings. The van der Waals surface area contributed by atoms with Crippen LogP contribution in [0.3, 0.4) is 0 Å². The molecule has 1 aliphatic heterocycles. The molecule has 1 amide bonds. The van der Waals surface area contributed by atoms with Crippen LogP contribution in [-0.4, -0.2) is 57.0 Å². The molecule has 0 radical (unpaired) electrons. The molecular weight excluding hydrogens is 250 g/mol. The summed E-state index contributed by atoms with van der Waals surface area (Å²) in [6.45, 7) is 3.96. The van der Waals surface area contributed by atoms with E-state index in [0.717, 1.165) is 0 Å². The van der Waals surface area contributed by atoms with Gasteiger partial charge in [0.1, 0.15) is 0 Å². The molecule has 1 unspecified atom stereocenters. The third-order valence-electron chi connectivity index (χ3n) is 3.07. The minimum absolute atomic E-state index is 0.0623. The number of morpholine rings is 1. The molecule has 0 saturated carbocycles. The van der Waals surface area contributed by atoms with Gasteiger partial charge in [-0.25, -0.2) is 4.79 Å². The molecule has 7 heteroatoms. The number of nitrogens with zero attached hydrogens (tertiary/aromatic N) is 3. The molecule has 1 fully saturated rings. The fraction of sp³-hybridized carbons (Fsp3) is 0.583. The van der Waals surface area contributed by atoms with E-state index in [9.17, 15) is 9.59 Å². The van der Waals surface area contributed by atoms with Crippen molar-refractivity contribution in [2.24, 2.45) is 7.05 Å². The summed E-state index contributed by atoms with van der Waals surface area (Å²) >= 11 is 0. The Morgan fingerprint density at radius 3 is 2.68 bits per heavy atom. The van der Waals surface area contributed by atoms with Crippen molar-refractivity contribution in [1.29, 1.82) is 0 Å². The number of aliphatic carboxylic acids is 1. The van der Waals surface area contributed by atoms with Gasteiger partial charge in [-0.1, -0.05) is 0 Å². The SMILES string of the molecule is Cc1nn(C)cc1C(=O)N1CC(C(=O)O)O[C@H](C)C1. The van der Waals surface area contributed by atoms with Crippen molar-refractivity contribution in [1.82, 2.24) is 14.7 Å². The zero-order valence-corrected chi connectivity index (χ0v) is 11.2. The summed E-state index contributed by atoms with van der Waals surface area (Å²) in [6.07, 6.45) is 0.383. The van der Waals surface area contributed by atoms with Crippen molar-refractivity contribution >= 4 is 11.9 Å². The van der Waals surface area contributed by atoms with E-state index >= 15 is 0 Å². The number of carboxylic acids is 1. The number of aromatic nitrogens is 2. The molecule has 2 rings (SSSR count). The number of ether oxygens (including phenoxy) is 1. The lowest BCUT2D eigenvalue weighted by Crippen LogP contribution is -2.51. The van der Waals surface area contributed by atoms with Crippen molar-refractivity contribution in [3.8, 4) is 0 Å². The number of amides is 1. The molecule has 2 atom stereocenters. The van der Waals surface area contributed by atoms with Crippen LogP contribution < -0.4 is 0 Å². The third kappa shape index (κ3) is 2.76. The van der Waals surface area contributed by atoms with E-state index in [-0.39, 0.29) is 18.6 Å². The van der Waals surface area contributed by atoms with Crippen molar-refractivity contribution in [3.63, 3.8) is 0 Å². The van der Waals surface area contributed by atoms with Gasteiger partial charge >= 0.3 is 5.97 Å². The number of carboxylic acid groups (broad SMARTS) is 1. The first-order valence-electron chi connectivity index (χ1n) is 6.06. The lowest BCUT2D eigenvalue weighted by atomic mass is 10.1. The second-order valence-corrected chi connectivity index (χ2v) is 4.79. The second-order valence-electron chi connectivity index (χ2n) is 4.79. The van der Waals surface area contributed by atoms with Crippen LogP contribution in [-0.2, 0) is 16.6 Å². The molecule has 1 aliphatic rings. The van der Waals surface area contributed by atoms with E-state index in [1.165, 1.54) is 4.90 Å². The molecule has 7 nitrogen and oxygen atoms in total. The molecule has 0 spiro atoms. The zero-order valence-electron chi connectivity index (χ0n) is 11.2. The predicted octanol–water partition coefficient (Wildman–Crippen LogP) is 0.0426. The van der Waals surface area contributed by atoms with Gasteiger partial charge in [0.15, 0.2) is 6.10 Å². The van der Waals surface area contributed by atoms with E-state index < -0.39 is 12.1 Å². The summed E-state index contributed by atoms with van der Waals surface area (Å²) in [5, 5.41) is 13.1. The maximum absolute atomic E-state index is 12.4. The van der Waals surface area contributed by atoms with Crippen molar-refractivity contribution in [3.05, 3.63) is 17.5 Å². The van der Waals surface area contributed by atoms with Crippen LogP contribution in [0.4, 0.5) is 0 Å². The molecule has 19 heavy (non-hydrogen) atoms. The summed E-state index contributed by atoms with van der Waals surface area (Å²) in [6, 6.07) is 0. The largest absolute Gasteiger partial charge is 0.479 e. The molecular formula is C12H17N3O4. The molecule has 0 aromatic carbocycles. The van der Waals surface area contributed by atoms with Gasteiger partial charge in [-0.3, -0.25) is 9.48 Å². The summed E-state index contributed by atoms with van der Waals surface area (Å²) in [4.78, 5) is 24.9. The summed E-state index contributed by atoms with van der Waals surface area (Å²) in [5.74, 6) is -1.25. The number of carbonyl (C=O) groups excluding carboxylic acids is 1. The molecule has 1 aromatic heterocycles. The first kappa shape index (κ1) is 13.5. The number of rotatable bonds is 2. The van der Waals surface area contributed by atoms with Gasteiger partial charge in [0.05, 0.1) is 23.9 Å². The van der Waals surface area contributed by atoms with Crippen LogP contribution in [0.5, 0.6) is 0 Å². The number of hydrogen-bond donors (Lipinski definition) is 1. The molecule has 0 bridgehead atoms. The topological polar surface area (TPSA) is 84.7 Å². The highest BCUT2D eigenvalue weighted by atomic mass is 16.5. The highest BCUT2D eigenvalue weighted by Crippen LogP contribution is 2.16. The Balaban J connectivity index is 2.18. The van der Waals surface area contributed by atoms with E-state index in [4.69, 9.17) is 9.84 Å². The minimum atomic E-state index is -1.05. The van der Waals surface area contributed by atoms with Gasteiger partial charge in [-0.05, 0) is 13.8 Å². The average molecular weight is 267 g/mol. The minimum Gasteiger partial charge on any atom is -0.479 e. The summed E-state index contributed by atoms with van der Waals surface area (Å²) < 4.78 is 6.86. The van der Waals surface area contributed by atoms with Crippen LogP contribution in [0, 0.1) is 6.92 Å². The Kier molecular flexibility index (Phi) is 3.57. The summed E-state index contributed by atoms with van der Waals surface area (Å²) in [5.41, 5.74) is 1.14. The van der Waals surface area contributed by atoms with Gasteiger partial charge in [0.25, 0.3) is 5.91 Å². The van der Waals surface area contributed by atoms with Crippen LogP contribution in [0.1, 0.15) is 23.0 Å². The Morgan fingerprint density at radius 2 is 2.16 bits per heavy atom. The fourth-order valence-corrected chi connectivity index (χ4v) is 2.23. The first-order valence-corrected chi connectivity index (χ1v) is 6.06. The van der Waals surface area contributed by atoms with Gasteiger partial charge < -0.3 is 14.7 Å². The maximum atomic E-state index is 12.4. The van der Waals surface area contributed by atoms with E-state index in [1.54, 1.807) is 31.8 Å². The Morgan fingerprint density at radius 1 is 1.47 bits per heavy atom. The Hall–Kier alpha value is -1.89. The number of aryl methyl sites for hydroxylation is 2. The number of carbonyl (C=O) groups is 2. The first-order chi connectivity index (χ1) is 8.88. The molecule has 1 saturated heterocycles.